The molecular formula is C11H10Cl2O2. The molecular weight excluding hydrogens is 235 g/mol. The largest absolute Gasteiger partial charge is 0.481 e. The Morgan fingerprint density at radius 1 is 1.47 bits per heavy atom. The van der Waals surface area contributed by atoms with Crippen molar-refractivity contribution in [1.82, 2.24) is 0 Å². The minimum absolute atomic E-state index is 0.0681. The molecule has 0 aliphatic carbocycles. The van der Waals surface area contributed by atoms with Gasteiger partial charge in [-0.3, -0.25) is 4.79 Å². The Bertz CT molecular complexity index is 386. The van der Waals surface area contributed by atoms with E-state index >= 15 is 0 Å². The molecule has 0 amide bonds. The third kappa shape index (κ3) is 3.94. The zero-order valence-corrected chi connectivity index (χ0v) is 9.42. The number of carboxylic acids is 1. The van der Waals surface area contributed by atoms with Crippen LogP contribution < -0.4 is 0 Å². The Labute approximate surface area is 98.1 Å². The van der Waals surface area contributed by atoms with E-state index in [9.17, 15) is 4.79 Å². The highest BCUT2D eigenvalue weighted by atomic mass is 35.5. The van der Waals surface area contributed by atoms with Gasteiger partial charge in [-0.1, -0.05) is 29.8 Å². The average molecular weight is 245 g/mol. The molecule has 0 bridgehead atoms. The van der Waals surface area contributed by atoms with Crippen molar-refractivity contribution in [2.24, 2.45) is 0 Å². The summed E-state index contributed by atoms with van der Waals surface area (Å²) in [7, 11) is 0. The van der Waals surface area contributed by atoms with E-state index in [0.29, 0.717) is 16.5 Å². The van der Waals surface area contributed by atoms with Gasteiger partial charge in [0.25, 0.3) is 0 Å². The lowest BCUT2D eigenvalue weighted by Gasteiger charge is -2.02. The van der Waals surface area contributed by atoms with Crippen molar-refractivity contribution in [1.29, 1.82) is 0 Å². The maximum Gasteiger partial charge on any atom is 0.307 e. The van der Waals surface area contributed by atoms with Gasteiger partial charge < -0.3 is 5.11 Å². The molecule has 0 aromatic heterocycles. The van der Waals surface area contributed by atoms with Gasteiger partial charge in [0.2, 0.25) is 0 Å². The Hall–Kier alpha value is -0.990. The third-order valence-corrected chi connectivity index (χ3v) is 2.36. The van der Waals surface area contributed by atoms with Crippen LogP contribution in [0.25, 0.3) is 6.08 Å². The predicted octanol–water partition coefficient (Wildman–Crippen LogP) is 3.22. The van der Waals surface area contributed by atoms with Crippen LogP contribution in [0.2, 0.25) is 5.02 Å². The molecule has 15 heavy (non-hydrogen) atoms. The van der Waals surface area contributed by atoms with Gasteiger partial charge in [-0.25, -0.2) is 0 Å². The number of rotatable bonds is 4. The number of halogens is 2. The van der Waals surface area contributed by atoms with Crippen LogP contribution >= 0.6 is 23.2 Å². The number of hydrogen-bond acceptors (Lipinski definition) is 1. The van der Waals surface area contributed by atoms with E-state index < -0.39 is 5.97 Å². The van der Waals surface area contributed by atoms with Gasteiger partial charge in [-0.05, 0) is 23.3 Å². The molecule has 0 aliphatic heterocycles. The fourth-order valence-corrected chi connectivity index (χ4v) is 1.45. The van der Waals surface area contributed by atoms with Crippen molar-refractivity contribution in [2.45, 2.75) is 6.42 Å². The highest BCUT2D eigenvalue weighted by Crippen LogP contribution is 2.19. The summed E-state index contributed by atoms with van der Waals surface area (Å²) >= 11 is 11.4. The number of carbonyl (C=O) groups is 1. The van der Waals surface area contributed by atoms with Crippen LogP contribution in [0.4, 0.5) is 0 Å². The van der Waals surface area contributed by atoms with Crippen LogP contribution in [0, 0.1) is 0 Å². The third-order valence-electron chi connectivity index (χ3n) is 1.81. The molecule has 0 heterocycles. The van der Waals surface area contributed by atoms with E-state index in [0.717, 1.165) is 5.56 Å². The molecule has 80 valence electrons. The summed E-state index contributed by atoms with van der Waals surface area (Å²) in [6, 6.07) is 5.25. The van der Waals surface area contributed by atoms with Crippen LogP contribution in [0.1, 0.15) is 11.1 Å². The summed E-state index contributed by atoms with van der Waals surface area (Å²) in [5, 5.41) is 9.13. The second-order valence-corrected chi connectivity index (χ2v) is 3.69. The van der Waals surface area contributed by atoms with E-state index in [1.807, 2.05) is 12.1 Å². The lowest BCUT2D eigenvalue weighted by molar-refractivity contribution is -0.136. The Balaban J connectivity index is 2.94. The zero-order valence-electron chi connectivity index (χ0n) is 7.91. The fraction of sp³-hybridized carbons (Fsp3) is 0.182. The highest BCUT2D eigenvalue weighted by molar-refractivity contribution is 6.31. The van der Waals surface area contributed by atoms with Gasteiger partial charge in [0, 0.05) is 10.9 Å². The molecule has 1 aromatic rings. The summed E-state index contributed by atoms with van der Waals surface area (Å²) in [5.74, 6) is -0.466. The first kappa shape index (κ1) is 12.1. The molecule has 0 radical (unpaired) electrons. The van der Waals surface area contributed by atoms with Gasteiger partial charge >= 0.3 is 5.97 Å². The number of carboxylic acid groups (broad SMARTS) is 1. The van der Waals surface area contributed by atoms with Gasteiger partial charge in [-0.15, -0.1) is 11.6 Å². The molecule has 1 rings (SSSR count). The van der Waals surface area contributed by atoms with Gasteiger partial charge in [0.1, 0.15) is 0 Å². The molecule has 0 saturated carbocycles. The second-order valence-electron chi connectivity index (χ2n) is 2.98. The number of alkyl halides is 1. The average Bonchev–Trinajstić information content (AvgIpc) is 2.18. The van der Waals surface area contributed by atoms with Crippen LogP contribution in [0.15, 0.2) is 24.3 Å². The predicted molar refractivity (Wildman–Crippen MR) is 62.5 cm³/mol. The SMILES string of the molecule is O=C(O)Cc1cc(C=CCCl)ccc1Cl. The Morgan fingerprint density at radius 3 is 2.80 bits per heavy atom. The van der Waals surface area contributed by atoms with Crippen molar-refractivity contribution < 1.29 is 9.90 Å². The molecule has 0 saturated heterocycles. The van der Waals surface area contributed by atoms with Gasteiger partial charge in [0.15, 0.2) is 0 Å². The van der Waals surface area contributed by atoms with Crippen molar-refractivity contribution in [3.63, 3.8) is 0 Å². The van der Waals surface area contributed by atoms with Crippen molar-refractivity contribution >= 4 is 35.2 Å². The number of benzene rings is 1. The van der Waals surface area contributed by atoms with Crippen LogP contribution in [0.5, 0.6) is 0 Å². The van der Waals surface area contributed by atoms with Gasteiger partial charge in [0.05, 0.1) is 6.42 Å². The maximum atomic E-state index is 10.5. The number of hydrogen-bond donors (Lipinski definition) is 1. The maximum absolute atomic E-state index is 10.5. The molecule has 2 nitrogen and oxygen atoms in total. The van der Waals surface area contributed by atoms with E-state index in [-0.39, 0.29) is 6.42 Å². The highest BCUT2D eigenvalue weighted by Gasteiger charge is 2.05. The van der Waals surface area contributed by atoms with E-state index in [1.165, 1.54) is 0 Å². The van der Waals surface area contributed by atoms with Crippen molar-refractivity contribution in [3.8, 4) is 0 Å². The lowest BCUT2D eigenvalue weighted by atomic mass is 10.1. The molecule has 0 atom stereocenters. The van der Waals surface area contributed by atoms with E-state index in [1.54, 1.807) is 18.2 Å². The van der Waals surface area contributed by atoms with Crippen LogP contribution in [-0.4, -0.2) is 17.0 Å². The van der Waals surface area contributed by atoms with Crippen LogP contribution in [-0.2, 0) is 11.2 Å². The molecule has 1 N–H and O–H groups in total. The molecule has 0 spiro atoms. The summed E-state index contributed by atoms with van der Waals surface area (Å²) < 4.78 is 0. The Kier molecular flexibility index (Phi) is 4.66. The normalized spacial score (nSPS) is 10.8. The fourth-order valence-electron chi connectivity index (χ4n) is 1.18. The Morgan fingerprint density at radius 2 is 2.20 bits per heavy atom. The number of allylic oxidation sites excluding steroid dienone is 1. The first-order valence-electron chi connectivity index (χ1n) is 4.36. The first-order valence-corrected chi connectivity index (χ1v) is 5.27. The summed E-state index contributed by atoms with van der Waals surface area (Å²) in [6.45, 7) is 0. The second kappa shape index (κ2) is 5.79. The molecule has 0 fully saturated rings. The summed E-state index contributed by atoms with van der Waals surface area (Å²) in [5.41, 5.74) is 1.51. The van der Waals surface area contributed by atoms with Crippen molar-refractivity contribution in [3.05, 3.63) is 40.4 Å². The van der Waals surface area contributed by atoms with Gasteiger partial charge in [-0.2, -0.15) is 0 Å². The molecule has 0 aliphatic rings. The topological polar surface area (TPSA) is 37.3 Å². The summed E-state index contributed by atoms with van der Waals surface area (Å²) in [4.78, 5) is 10.5. The smallest absolute Gasteiger partial charge is 0.307 e. The summed E-state index contributed by atoms with van der Waals surface area (Å²) in [6.07, 6.45) is 3.55. The lowest BCUT2D eigenvalue weighted by Crippen LogP contribution is -2.00. The zero-order chi connectivity index (χ0) is 11.3. The van der Waals surface area contributed by atoms with E-state index in [2.05, 4.69) is 0 Å². The molecule has 0 unspecified atom stereocenters. The molecule has 1 aromatic carbocycles. The standard InChI is InChI=1S/C11H10Cl2O2/c12-5-1-2-8-3-4-10(13)9(6-8)7-11(14)15/h1-4,6H,5,7H2,(H,14,15). The minimum Gasteiger partial charge on any atom is -0.481 e. The monoisotopic (exact) mass is 244 g/mol. The van der Waals surface area contributed by atoms with Crippen molar-refractivity contribution in [2.75, 3.05) is 5.88 Å². The first-order chi connectivity index (χ1) is 7.13. The minimum atomic E-state index is -0.893. The number of aliphatic carboxylic acids is 1. The molecule has 4 heteroatoms. The van der Waals surface area contributed by atoms with Crippen LogP contribution in [0.3, 0.4) is 0 Å². The quantitative estimate of drug-likeness (QED) is 0.827. The van der Waals surface area contributed by atoms with E-state index in [4.69, 9.17) is 28.3 Å².